The molecule has 2 N–H and O–H groups in total. The fraction of sp³-hybridized carbons (Fsp3) is 0.462. The van der Waals surface area contributed by atoms with Crippen LogP contribution in [-0.2, 0) is 0 Å². The molecule has 0 aromatic heterocycles. The van der Waals surface area contributed by atoms with Crippen molar-refractivity contribution in [3.05, 3.63) is 23.3 Å². The van der Waals surface area contributed by atoms with E-state index in [-0.39, 0.29) is 23.3 Å². The van der Waals surface area contributed by atoms with Gasteiger partial charge in [-0.25, -0.2) is 4.79 Å². The molecule has 17 heavy (non-hydrogen) atoms. The molecule has 0 atom stereocenters. The van der Waals surface area contributed by atoms with Crippen LogP contribution in [0.1, 0.15) is 50.7 Å². The first-order valence-corrected chi connectivity index (χ1v) is 5.60. The summed E-state index contributed by atoms with van der Waals surface area (Å²) in [7, 11) is 0. The van der Waals surface area contributed by atoms with Gasteiger partial charge in [-0.3, -0.25) is 0 Å². The molecule has 0 radical (unpaired) electrons. The first-order chi connectivity index (χ1) is 7.82. The number of phenolic OH excluding ortho intramolecular Hbond substituents is 1. The van der Waals surface area contributed by atoms with Crippen LogP contribution in [0.3, 0.4) is 0 Å². The van der Waals surface area contributed by atoms with Crippen molar-refractivity contribution < 1.29 is 19.7 Å². The number of benzene rings is 1. The first kappa shape index (κ1) is 13.4. The largest absolute Gasteiger partial charge is 0.511 e. The van der Waals surface area contributed by atoms with Crippen LogP contribution in [0.2, 0.25) is 0 Å². The Labute approximate surface area is 101 Å². The summed E-state index contributed by atoms with van der Waals surface area (Å²) in [6, 6.07) is 3.18. The van der Waals surface area contributed by atoms with Crippen LogP contribution >= 0.6 is 0 Å². The molecule has 94 valence electrons. The van der Waals surface area contributed by atoms with Crippen molar-refractivity contribution in [1.29, 1.82) is 0 Å². The normalized spacial score (nSPS) is 10.9. The summed E-state index contributed by atoms with van der Waals surface area (Å²) in [6.45, 7) is 7.84. The van der Waals surface area contributed by atoms with E-state index in [9.17, 15) is 9.90 Å². The minimum atomic E-state index is -1.37. The van der Waals surface area contributed by atoms with E-state index in [1.807, 2.05) is 33.8 Å². The van der Waals surface area contributed by atoms with Crippen LogP contribution in [0.4, 0.5) is 4.79 Å². The molecule has 0 spiro atoms. The zero-order valence-corrected chi connectivity index (χ0v) is 10.5. The lowest BCUT2D eigenvalue weighted by Gasteiger charge is -2.16. The standard InChI is InChI=1S/C13H18O4/c1-7(2)9-5-10(8(3)4)12(6-11(9)14)17-13(15)16/h5-8,14H,1-4H3,(H,15,16). The molecule has 1 rings (SSSR count). The Hall–Kier alpha value is -1.71. The molecule has 0 saturated carbocycles. The van der Waals surface area contributed by atoms with E-state index in [4.69, 9.17) is 5.11 Å². The monoisotopic (exact) mass is 238 g/mol. The second kappa shape index (κ2) is 5.08. The maximum absolute atomic E-state index is 10.6. The first-order valence-electron chi connectivity index (χ1n) is 5.60. The Morgan fingerprint density at radius 2 is 1.65 bits per heavy atom. The highest BCUT2D eigenvalue weighted by Gasteiger charge is 2.16. The number of rotatable bonds is 3. The van der Waals surface area contributed by atoms with Crippen LogP contribution in [0.25, 0.3) is 0 Å². The van der Waals surface area contributed by atoms with E-state index in [1.54, 1.807) is 0 Å². The molecule has 0 bridgehead atoms. The number of carbonyl (C=O) groups is 1. The summed E-state index contributed by atoms with van der Waals surface area (Å²) in [5.74, 6) is 0.573. The van der Waals surface area contributed by atoms with Gasteiger partial charge in [-0.1, -0.05) is 27.7 Å². The number of aromatic hydroxyl groups is 1. The Morgan fingerprint density at radius 3 is 2.06 bits per heavy atom. The van der Waals surface area contributed by atoms with Crippen molar-refractivity contribution in [1.82, 2.24) is 0 Å². The molecular weight excluding hydrogens is 220 g/mol. The van der Waals surface area contributed by atoms with Crippen LogP contribution < -0.4 is 4.74 Å². The van der Waals surface area contributed by atoms with Gasteiger partial charge >= 0.3 is 6.16 Å². The molecule has 0 fully saturated rings. The highest BCUT2D eigenvalue weighted by Crippen LogP contribution is 2.36. The van der Waals surface area contributed by atoms with E-state index in [0.29, 0.717) is 0 Å². The van der Waals surface area contributed by atoms with Gasteiger partial charge in [-0.15, -0.1) is 0 Å². The van der Waals surface area contributed by atoms with E-state index >= 15 is 0 Å². The Kier molecular flexibility index (Phi) is 3.99. The summed E-state index contributed by atoms with van der Waals surface area (Å²) in [5.41, 5.74) is 1.58. The molecule has 0 amide bonds. The number of phenols is 1. The van der Waals surface area contributed by atoms with Gasteiger partial charge in [0.25, 0.3) is 0 Å². The van der Waals surface area contributed by atoms with Crippen molar-refractivity contribution in [3.8, 4) is 11.5 Å². The second-order valence-corrected chi connectivity index (χ2v) is 4.63. The zero-order valence-electron chi connectivity index (χ0n) is 10.5. The molecule has 0 unspecified atom stereocenters. The van der Waals surface area contributed by atoms with Crippen molar-refractivity contribution in [2.24, 2.45) is 0 Å². The molecule has 0 aliphatic carbocycles. The van der Waals surface area contributed by atoms with Crippen LogP contribution in [0.15, 0.2) is 12.1 Å². The zero-order chi connectivity index (χ0) is 13.2. The van der Waals surface area contributed by atoms with E-state index in [0.717, 1.165) is 11.1 Å². The number of carboxylic acid groups (broad SMARTS) is 1. The molecule has 0 saturated heterocycles. The van der Waals surface area contributed by atoms with E-state index in [1.165, 1.54) is 6.07 Å². The Bertz CT molecular complexity index is 422. The minimum absolute atomic E-state index is 0.0700. The fourth-order valence-electron chi connectivity index (χ4n) is 1.70. The maximum atomic E-state index is 10.6. The van der Waals surface area contributed by atoms with E-state index in [2.05, 4.69) is 4.74 Å². The average molecular weight is 238 g/mol. The molecule has 1 aromatic carbocycles. The fourth-order valence-corrected chi connectivity index (χ4v) is 1.70. The highest BCUT2D eigenvalue weighted by atomic mass is 16.7. The molecule has 0 heterocycles. The molecule has 0 aliphatic heterocycles. The van der Waals surface area contributed by atoms with Crippen LogP contribution in [0.5, 0.6) is 11.5 Å². The van der Waals surface area contributed by atoms with Crippen LogP contribution in [0, 0.1) is 0 Å². The molecule has 4 heteroatoms. The molecule has 0 aliphatic rings. The summed E-state index contributed by atoms with van der Waals surface area (Å²) >= 11 is 0. The van der Waals surface area contributed by atoms with Crippen LogP contribution in [-0.4, -0.2) is 16.4 Å². The SMILES string of the molecule is CC(C)c1cc(C(C)C)c(OC(=O)O)cc1O. The van der Waals surface area contributed by atoms with Gasteiger partial charge < -0.3 is 14.9 Å². The predicted molar refractivity (Wildman–Crippen MR) is 64.9 cm³/mol. The van der Waals surface area contributed by atoms with Gasteiger partial charge in [-0.2, -0.15) is 0 Å². The number of hydrogen-bond acceptors (Lipinski definition) is 3. The summed E-state index contributed by atoms with van der Waals surface area (Å²) in [5, 5.41) is 18.4. The van der Waals surface area contributed by atoms with Crippen molar-refractivity contribution >= 4 is 6.16 Å². The minimum Gasteiger partial charge on any atom is -0.508 e. The topological polar surface area (TPSA) is 66.8 Å². The summed E-state index contributed by atoms with van der Waals surface area (Å²) < 4.78 is 4.68. The number of ether oxygens (including phenoxy) is 1. The molecular formula is C13H18O4. The third-order valence-corrected chi connectivity index (χ3v) is 2.60. The lowest BCUT2D eigenvalue weighted by Crippen LogP contribution is -2.07. The van der Waals surface area contributed by atoms with Gasteiger partial charge in [0.05, 0.1) is 0 Å². The van der Waals surface area contributed by atoms with E-state index < -0.39 is 6.16 Å². The van der Waals surface area contributed by atoms with Crippen molar-refractivity contribution in [2.75, 3.05) is 0 Å². The summed E-state index contributed by atoms with van der Waals surface area (Å²) in [4.78, 5) is 10.6. The van der Waals surface area contributed by atoms with Crippen molar-refractivity contribution in [3.63, 3.8) is 0 Å². The third kappa shape index (κ3) is 3.12. The number of hydrogen-bond donors (Lipinski definition) is 2. The highest BCUT2D eigenvalue weighted by molar-refractivity contribution is 5.63. The summed E-state index contributed by atoms with van der Waals surface area (Å²) in [6.07, 6.45) is -1.37. The lowest BCUT2D eigenvalue weighted by molar-refractivity contribution is 0.144. The third-order valence-electron chi connectivity index (χ3n) is 2.60. The maximum Gasteiger partial charge on any atom is 0.511 e. The smallest absolute Gasteiger partial charge is 0.508 e. The Balaban J connectivity index is 3.30. The van der Waals surface area contributed by atoms with Crippen molar-refractivity contribution in [2.45, 2.75) is 39.5 Å². The predicted octanol–water partition coefficient (Wildman–Crippen LogP) is 3.70. The Morgan fingerprint density at radius 1 is 1.12 bits per heavy atom. The lowest BCUT2D eigenvalue weighted by atomic mass is 9.94. The average Bonchev–Trinajstić information content (AvgIpc) is 2.15. The molecule has 1 aromatic rings. The molecule has 4 nitrogen and oxygen atoms in total. The van der Waals surface area contributed by atoms with Gasteiger partial charge in [-0.05, 0) is 29.0 Å². The van der Waals surface area contributed by atoms with Gasteiger partial charge in [0.2, 0.25) is 0 Å². The van der Waals surface area contributed by atoms with Gasteiger partial charge in [0.1, 0.15) is 11.5 Å². The second-order valence-electron chi connectivity index (χ2n) is 4.63. The quantitative estimate of drug-likeness (QED) is 0.622. The van der Waals surface area contributed by atoms with Gasteiger partial charge in [0.15, 0.2) is 0 Å². The van der Waals surface area contributed by atoms with Gasteiger partial charge in [0, 0.05) is 6.07 Å².